The number of para-hydroxylation sites is 1. The minimum atomic E-state index is -0.434. The van der Waals surface area contributed by atoms with Crippen molar-refractivity contribution in [3.63, 3.8) is 0 Å². The largest absolute Gasteiger partial charge is 0.467 e. The number of anilines is 1. The second-order valence-corrected chi connectivity index (χ2v) is 8.06. The third-order valence-electron chi connectivity index (χ3n) is 6.56. The Bertz CT molecular complexity index is 845. The highest BCUT2D eigenvalue weighted by molar-refractivity contribution is 5.84. The molecule has 2 aromatic rings. The Morgan fingerprint density at radius 3 is 2.71 bits per heavy atom. The number of hydrogen-bond donors (Lipinski definition) is 1. The average Bonchev–Trinajstić information content (AvgIpc) is 3.21. The van der Waals surface area contributed by atoms with E-state index in [4.69, 9.17) is 13.9 Å². The second-order valence-electron chi connectivity index (χ2n) is 8.06. The SMILES string of the molecule is CC1=C[C@H](C)[C@]2(COC(=O)Nc3ccccc3)CO[C@H](c3ccco3)[C@H]1[C@H]2C. The molecular formula is C23H27NO4. The number of nitrogens with one attached hydrogen (secondary N) is 1. The summed E-state index contributed by atoms with van der Waals surface area (Å²) in [6.07, 6.45) is 3.46. The van der Waals surface area contributed by atoms with Crippen molar-refractivity contribution in [3.05, 3.63) is 66.1 Å². The average molecular weight is 381 g/mol. The van der Waals surface area contributed by atoms with Crippen LogP contribution in [0.1, 0.15) is 32.6 Å². The molecule has 5 nitrogen and oxygen atoms in total. The normalized spacial score (nSPS) is 31.8. The van der Waals surface area contributed by atoms with Crippen LogP contribution in [0, 0.1) is 23.2 Å². The van der Waals surface area contributed by atoms with Crippen molar-refractivity contribution < 1.29 is 18.7 Å². The van der Waals surface area contributed by atoms with Gasteiger partial charge in [-0.05, 0) is 43.0 Å². The van der Waals surface area contributed by atoms with E-state index in [1.165, 1.54) is 5.57 Å². The van der Waals surface area contributed by atoms with E-state index in [1.807, 2.05) is 42.5 Å². The first-order chi connectivity index (χ1) is 13.5. The van der Waals surface area contributed by atoms with Gasteiger partial charge in [0.15, 0.2) is 0 Å². The molecule has 5 atom stereocenters. The van der Waals surface area contributed by atoms with E-state index in [2.05, 4.69) is 32.2 Å². The zero-order valence-electron chi connectivity index (χ0n) is 16.6. The fraction of sp³-hybridized carbons (Fsp3) is 0.435. The Kier molecular flexibility index (Phi) is 5.02. The van der Waals surface area contributed by atoms with Crippen LogP contribution in [0.15, 0.2) is 64.8 Å². The minimum absolute atomic E-state index is 0.0972. The fourth-order valence-electron chi connectivity index (χ4n) is 4.84. The lowest BCUT2D eigenvalue weighted by molar-refractivity contribution is -0.169. The molecule has 1 aliphatic heterocycles. The Morgan fingerprint density at radius 2 is 2.00 bits per heavy atom. The second kappa shape index (κ2) is 7.47. The first-order valence-electron chi connectivity index (χ1n) is 9.83. The Morgan fingerprint density at radius 1 is 1.21 bits per heavy atom. The summed E-state index contributed by atoms with van der Waals surface area (Å²) in [5.41, 5.74) is 1.79. The van der Waals surface area contributed by atoms with Gasteiger partial charge in [0.25, 0.3) is 0 Å². The predicted molar refractivity (Wildman–Crippen MR) is 107 cm³/mol. The van der Waals surface area contributed by atoms with Crippen molar-refractivity contribution >= 4 is 11.8 Å². The molecule has 1 amide bonds. The van der Waals surface area contributed by atoms with Crippen LogP contribution in [0.25, 0.3) is 0 Å². The number of carbonyl (C=O) groups excluding carboxylic acids is 1. The summed E-state index contributed by atoms with van der Waals surface area (Å²) in [7, 11) is 0. The monoisotopic (exact) mass is 381 g/mol. The molecule has 148 valence electrons. The van der Waals surface area contributed by atoms with E-state index in [0.29, 0.717) is 19.1 Å². The number of allylic oxidation sites excluding steroid dienone is 1. The van der Waals surface area contributed by atoms with E-state index in [-0.39, 0.29) is 23.4 Å². The van der Waals surface area contributed by atoms with Crippen LogP contribution in [-0.2, 0) is 9.47 Å². The number of carbonyl (C=O) groups is 1. The van der Waals surface area contributed by atoms with Crippen molar-refractivity contribution in [1.29, 1.82) is 0 Å². The third-order valence-corrected chi connectivity index (χ3v) is 6.56. The van der Waals surface area contributed by atoms with Gasteiger partial charge in [-0.1, -0.05) is 43.7 Å². The van der Waals surface area contributed by atoms with Crippen LogP contribution < -0.4 is 5.32 Å². The molecule has 2 bridgehead atoms. The molecule has 1 saturated heterocycles. The maximum absolute atomic E-state index is 12.3. The van der Waals surface area contributed by atoms with Crippen molar-refractivity contribution in [2.45, 2.75) is 26.9 Å². The van der Waals surface area contributed by atoms with Crippen LogP contribution in [0.2, 0.25) is 0 Å². The summed E-state index contributed by atoms with van der Waals surface area (Å²) in [6, 6.07) is 13.2. The lowest BCUT2D eigenvalue weighted by Gasteiger charge is -2.54. The van der Waals surface area contributed by atoms with Crippen LogP contribution in [-0.4, -0.2) is 19.3 Å². The van der Waals surface area contributed by atoms with Crippen LogP contribution >= 0.6 is 0 Å². The Hall–Kier alpha value is -2.53. The predicted octanol–water partition coefficient (Wildman–Crippen LogP) is 5.43. The topological polar surface area (TPSA) is 60.7 Å². The summed E-state index contributed by atoms with van der Waals surface area (Å²) in [5.74, 6) is 1.61. The number of ether oxygens (including phenoxy) is 2. The number of hydrogen-bond acceptors (Lipinski definition) is 4. The van der Waals surface area contributed by atoms with Crippen LogP contribution in [0.3, 0.4) is 0 Å². The molecule has 28 heavy (non-hydrogen) atoms. The lowest BCUT2D eigenvalue weighted by Crippen LogP contribution is -2.54. The molecule has 1 aromatic carbocycles. The molecule has 4 rings (SSSR count). The third kappa shape index (κ3) is 3.24. The number of amides is 1. The quantitative estimate of drug-likeness (QED) is 0.717. The molecule has 1 N–H and O–H groups in total. The van der Waals surface area contributed by atoms with Gasteiger partial charge >= 0.3 is 6.09 Å². The van der Waals surface area contributed by atoms with E-state index >= 15 is 0 Å². The summed E-state index contributed by atoms with van der Waals surface area (Å²) in [5, 5.41) is 2.79. The van der Waals surface area contributed by atoms with Gasteiger partial charge in [0.1, 0.15) is 18.5 Å². The van der Waals surface area contributed by atoms with Crippen LogP contribution in [0.4, 0.5) is 10.5 Å². The highest BCUT2D eigenvalue weighted by Crippen LogP contribution is 2.56. The summed E-state index contributed by atoms with van der Waals surface area (Å²) in [4.78, 5) is 12.3. The summed E-state index contributed by atoms with van der Waals surface area (Å²) >= 11 is 0. The van der Waals surface area contributed by atoms with Gasteiger partial charge < -0.3 is 13.9 Å². The number of benzene rings is 1. The Balaban J connectivity index is 1.51. The molecule has 1 fully saturated rings. The number of furan rings is 1. The van der Waals surface area contributed by atoms with Gasteiger partial charge in [0.05, 0.1) is 12.9 Å². The smallest absolute Gasteiger partial charge is 0.411 e. The van der Waals surface area contributed by atoms with Gasteiger partial charge in [0.2, 0.25) is 0 Å². The molecular weight excluding hydrogens is 354 g/mol. The first-order valence-corrected chi connectivity index (χ1v) is 9.83. The van der Waals surface area contributed by atoms with Crippen molar-refractivity contribution in [2.75, 3.05) is 18.5 Å². The van der Waals surface area contributed by atoms with Gasteiger partial charge in [-0.15, -0.1) is 0 Å². The molecule has 2 heterocycles. The molecule has 1 aromatic heterocycles. The number of fused-ring (bicyclic) bond motifs is 2. The minimum Gasteiger partial charge on any atom is -0.467 e. The van der Waals surface area contributed by atoms with E-state index in [1.54, 1.807) is 6.26 Å². The zero-order chi connectivity index (χ0) is 19.7. The summed E-state index contributed by atoms with van der Waals surface area (Å²) < 4.78 is 17.6. The van der Waals surface area contributed by atoms with Gasteiger partial charge in [-0.3, -0.25) is 5.32 Å². The zero-order valence-corrected chi connectivity index (χ0v) is 16.6. The van der Waals surface area contributed by atoms with E-state index in [9.17, 15) is 4.79 Å². The van der Waals surface area contributed by atoms with Crippen molar-refractivity contribution in [2.24, 2.45) is 23.2 Å². The molecule has 0 saturated carbocycles. The maximum atomic E-state index is 12.3. The molecule has 2 aliphatic rings. The molecule has 0 spiro atoms. The highest BCUT2D eigenvalue weighted by atomic mass is 16.6. The van der Waals surface area contributed by atoms with E-state index < -0.39 is 6.09 Å². The van der Waals surface area contributed by atoms with Gasteiger partial charge in [0, 0.05) is 17.0 Å². The lowest BCUT2D eigenvalue weighted by atomic mass is 9.56. The highest BCUT2D eigenvalue weighted by Gasteiger charge is 2.55. The first kappa shape index (κ1) is 18.8. The molecule has 0 unspecified atom stereocenters. The molecule has 0 radical (unpaired) electrons. The van der Waals surface area contributed by atoms with Gasteiger partial charge in [-0.25, -0.2) is 4.79 Å². The fourth-order valence-corrected chi connectivity index (χ4v) is 4.84. The van der Waals surface area contributed by atoms with E-state index in [0.717, 1.165) is 11.4 Å². The summed E-state index contributed by atoms with van der Waals surface area (Å²) in [6.45, 7) is 7.44. The van der Waals surface area contributed by atoms with Crippen molar-refractivity contribution in [3.8, 4) is 0 Å². The Labute approximate surface area is 165 Å². The maximum Gasteiger partial charge on any atom is 0.411 e. The van der Waals surface area contributed by atoms with Gasteiger partial charge in [-0.2, -0.15) is 0 Å². The standard InChI is InChI=1S/C23H27NO4/c1-15-12-16(2)23(14-28-22(25)24-18-8-5-4-6-9-18)13-27-21(20(15)17(23)3)19-10-7-11-26-19/h4-12,16-17,20-21H,13-14H2,1-3H3,(H,24,25)/t16-,17+,20+,21+,23+/m0/s1. The molecule has 1 aliphatic carbocycles. The van der Waals surface area contributed by atoms with Crippen LogP contribution in [0.5, 0.6) is 0 Å². The number of rotatable bonds is 4. The molecule has 5 heteroatoms. The van der Waals surface area contributed by atoms with Crippen molar-refractivity contribution in [1.82, 2.24) is 0 Å².